The van der Waals surface area contributed by atoms with Crippen LogP contribution in [-0.2, 0) is 13.1 Å². The van der Waals surface area contributed by atoms with Gasteiger partial charge in [0.05, 0.1) is 5.52 Å². The number of hydrogen-bond acceptors (Lipinski definition) is 5. The molecule has 4 aromatic rings. The van der Waals surface area contributed by atoms with Crippen molar-refractivity contribution in [2.45, 2.75) is 13.1 Å². The number of rotatable bonds is 6. The topological polar surface area (TPSA) is 44.3 Å². The Kier molecular flexibility index (Phi) is 8.89. The lowest BCUT2D eigenvalue weighted by molar-refractivity contribution is -0.00100. The quantitative estimate of drug-likeness (QED) is 0.367. The first-order chi connectivity index (χ1) is 15.3. The summed E-state index contributed by atoms with van der Waals surface area (Å²) in [6.45, 7) is 5.63. The van der Waals surface area contributed by atoms with Crippen LogP contribution in [0.3, 0.4) is 0 Å². The van der Waals surface area contributed by atoms with E-state index in [1.807, 2.05) is 18.2 Å². The molecule has 0 spiro atoms. The fourth-order valence-corrected chi connectivity index (χ4v) is 4.07. The molecule has 0 amide bonds. The van der Waals surface area contributed by atoms with Crippen LogP contribution >= 0.6 is 0 Å². The van der Waals surface area contributed by atoms with Gasteiger partial charge in [-0.25, -0.2) is 4.98 Å². The first-order valence-corrected chi connectivity index (χ1v) is 10.9. The Morgan fingerprint density at radius 2 is 1.27 bits per heavy atom. The smallest absolute Gasteiger partial charge is 0.227 e. The summed E-state index contributed by atoms with van der Waals surface area (Å²) in [6.07, 6.45) is 0. The molecule has 5 nitrogen and oxygen atoms in total. The number of nitrogens with zero attached hydrogens (tertiary/aromatic N) is 4. The molecule has 2 heterocycles. The van der Waals surface area contributed by atoms with Gasteiger partial charge in [0.25, 0.3) is 0 Å². The molecule has 1 fully saturated rings. The van der Waals surface area contributed by atoms with E-state index < -0.39 is 0 Å². The van der Waals surface area contributed by atoms with Crippen molar-refractivity contribution in [1.29, 1.82) is 0 Å². The van der Waals surface area contributed by atoms with Crippen LogP contribution in [0, 0.1) is 0 Å². The summed E-state index contributed by atoms with van der Waals surface area (Å²) in [5.74, 6) is 1.71. The number of benzene rings is 3. The van der Waals surface area contributed by atoms with E-state index in [0.29, 0.717) is 0 Å². The third-order valence-corrected chi connectivity index (χ3v) is 5.80. The predicted molar refractivity (Wildman–Crippen MR) is 127 cm³/mol. The lowest BCUT2D eigenvalue weighted by Crippen LogP contribution is -3.00. The molecule has 5 rings (SSSR count). The maximum atomic E-state index is 4.93. The minimum Gasteiger partial charge on any atom is -1.00 e. The van der Waals surface area contributed by atoms with Gasteiger partial charge in [-0.15, -0.1) is 0 Å². The van der Waals surface area contributed by atoms with E-state index in [0.717, 1.165) is 61.9 Å². The number of anilines is 2. The van der Waals surface area contributed by atoms with Gasteiger partial charge in [-0.2, -0.15) is 4.98 Å². The fraction of sp³-hybridized carbons (Fsp3) is 0.231. The summed E-state index contributed by atoms with van der Waals surface area (Å²) in [7, 11) is 0. The minimum atomic E-state index is 0. The van der Waals surface area contributed by atoms with E-state index in [2.05, 4.69) is 81.8 Å². The third-order valence-electron chi connectivity index (χ3n) is 5.80. The summed E-state index contributed by atoms with van der Waals surface area (Å²) in [6, 6.07) is 29.4. The van der Waals surface area contributed by atoms with Gasteiger partial charge in [-0.05, 0) is 23.3 Å². The van der Waals surface area contributed by atoms with Crippen LogP contribution in [0.1, 0.15) is 11.1 Å². The highest BCUT2D eigenvalue weighted by Gasteiger charge is 2.20. The lowest BCUT2D eigenvalue weighted by Gasteiger charge is -2.35. The molecular formula is C26H27Cl2N5-2. The molecule has 0 atom stereocenters. The number of hydrogen-bond donors (Lipinski definition) is 1. The monoisotopic (exact) mass is 479 g/mol. The summed E-state index contributed by atoms with van der Waals surface area (Å²) < 4.78 is 0. The van der Waals surface area contributed by atoms with Crippen LogP contribution in [-0.4, -0.2) is 41.0 Å². The summed E-state index contributed by atoms with van der Waals surface area (Å²) in [4.78, 5) is 14.6. The van der Waals surface area contributed by atoms with E-state index in [1.54, 1.807) is 0 Å². The van der Waals surface area contributed by atoms with Gasteiger partial charge in [-0.3, -0.25) is 4.90 Å². The molecule has 0 unspecified atom stereocenters. The second-order valence-corrected chi connectivity index (χ2v) is 7.98. The largest absolute Gasteiger partial charge is 1.00 e. The molecule has 0 radical (unpaired) electrons. The molecule has 0 saturated carbocycles. The number of halogens is 2. The van der Waals surface area contributed by atoms with Crippen LogP contribution < -0.4 is 35.0 Å². The molecule has 0 aliphatic carbocycles. The van der Waals surface area contributed by atoms with Crippen LogP contribution in [0.5, 0.6) is 0 Å². The highest BCUT2D eigenvalue weighted by molar-refractivity contribution is 5.90. The number of nitrogens with one attached hydrogen (secondary N) is 1. The van der Waals surface area contributed by atoms with E-state index >= 15 is 0 Å². The standard InChI is InChI=1S/C26H27N5.2ClH/c1-3-9-21(10-4-1)19-27-25-23-13-7-8-14-24(23)28-26(29-25)31-17-15-30(16-18-31)20-22-11-5-2-6-12-22;;/h1-14H,15-20H2,(H,27,28,29);2*1H/p-2. The highest BCUT2D eigenvalue weighted by atomic mass is 35.5. The summed E-state index contributed by atoms with van der Waals surface area (Å²) in [5.41, 5.74) is 3.58. The van der Waals surface area contributed by atoms with Crippen molar-refractivity contribution in [3.63, 3.8) is 0 Å². The van der Waals surface area contributed by atoms with Crippen LogP contribution in [0.15, 0.2) is 84.9 Å². The SMILES string of the molecule is [Cl-].[Cl-].c1ccc(CNc2nc(N3CCN(Cc4ccccc4)CC3)nc3ccccc23)cc1. The maximum Gasteiger partial charge on any atom is 0.227 e. The zero-order valence-corrected chi connectivity index (χ0v) is 19.9. The van der Waals surface area contributed by atoms with Crippen LogP contribution in [0.2, 0.25) is 0 Å². The molecule has 3 aromatic carbocycles. The van der Waals surface area contributed by atoms with Crippen molar-refractivity contribution in [3.8, 4) is 0 Å². The second kappa shape index (κ2) is 11.8. The van der Waals surface area contributed by atoms with Gasteiger partial charge in [0.15, 0.2) is 0 Å². The Morgan fingerprint density at radius 1 is 0.667 bits per heavy atom. The molecular weight excluding hydrogens is 453 g/mol. The van der Waals surface area contributed by atoms with Crippen LogP contribution in [0.25, 0.3) is 10.9 Å². The minimum absolute atomic E-state index is 0. The van der Waals surface area contributed by atoms with Crippen molar-refractivity contribution in [2.24, 2.45) is 0 Å². The lowest BCUT2D eigenvalue weighted by atomic mass is 10.2. The van der Waals surface area contributed by atoms with Crippen molar-refractivity contribution in [1.82, 2.24) is 14.9 Å². The Bertz CT molecular complexity index is 1130. The van der Waals surface area contributed by atoms with E-state index in [9.17, 15) is 0 Å². The molecule has 1 N–H and O–H groups in total. The van der Waals surface area contributed by atoms with Gasteiger partial charge in [-0.1, -0.05) is 72.8 Å². The first-order valence-electron chi connectivity index (χ1n) is 10.9. The predicted octanol–water partition coefficient (Wildman–Crippen LogP) is -1.43. The molecule has 1 aliphatic heterocycles. The Labute approximate surface area is 207 Å². The van der Waals surface area contributed by atoms with Gasteiger partial charge in [0, 0.05) is 44.7 Å². The van der Waals surface area contributed by atoms with Gasteiger partial charge in [0.1, 0.15) is 5.82 Å². The molecule has 7 heteroatoms. The van der Waals surface area contributed by atoms with Gasteiger partial charge in [0.2, 0.25) is 5.95 Å². The molecule has 172 valence electrons. The molecule has 1 aliphatic rings. The zero-order chi connectivity index (χ0) is 20.9. The number of fused-ring (bicyclic) bond motifs is 1. The molecule has 0 bridgehead atoms. The summed E-state index contributed by atoms with van der Waals surface area (Å²) >= 11 is 0. The number of para-hydroxylation sites is 1. The Morgan fingerprint density at radius 3 is 1.97 bits per heavy atom. The van der Waals surface area contributed by atoms with Crippen molar-refractivity contribution in [3.05, 3.63) is 96.1 Å². The summed E-state index contributed by atoms with van der Waals surface area (Å²) in [5, 5.41) is 4.60. The highest BCUT2D eigenvalue weighted by Crippen LogP contribution is 2.25. The van der Waals surface area contributed by atoms with Crippen molar-refractivity contribution in [2.75, 3.05) is 36.4 Å². The molecule has 33 heavy (non-hydrogen) atoms. The first kappa shape index (κ1) is 24.8. The average Bonchev–Trinajstić information content (AvgIpc) is 2.84. The maximum absolute atomic E-state index is 4.93. The zero-order valence-electron chi connectivity index (χ0n) is 18.4. The second-order valence-electron chi connectivity index (χ2n) is 7.98. The van der Waals surface area contributed by atoms with Gasteiger partial charge >= 0.3 is 0 Å². The van der Waals surface area contributed by atoms with Crippen LogP contribution in [0.4, 0.5) is 11.8 Å². The fourth-order valence-electron chi connectivity index (χ4n) is 4.07. The molecule has 1 aromatic heterocycles. The molecule has 1 saturated heterocycles. The normalized spacial score (nSPS) is 13.8. The van der Waals surface area contributed by atoms with E-state index in [4.69, 9.17) is 9.97 Å². The van der Waals surface area contributed by atoms with Crippen molar-refractivity contribution < 1.29 is 24.8 Å². The Balaban J connectivity index is 0.00000153. The third kappa shape index (κ3) is 6.14. The number of aromatic nitrogens is 2. The average molecular weight is 480 g/mol. The Hall–Kier alpha value is -2.86. The van der Waals surface area contributed by atoms with Gasteiger partial charge < -0.3 is 35.0 Å². The van der Waals surface area contributed by atoms with E-state index in [1.165, 1.54) is 11.1 Å². The van der Waals surface area contributed by atoms with E-state index in [-0.39, 0.29) is 24.8 Å². The van der Waals surface area contributed by atoms with Crippen molar-refractivity contribution >= 4 is 22.7 Å². The number of piperazine rings is 1.